The summed E-state index contributed by atoms with van der Waals surface area (Å²) < 4.78 is 7.90. The first kappa shape index (κ1) is 19.2. The smallest absolute Gasteiger partial charge is 0.253 e. The highest BCUT2D eigenvalue weighted by atomic mass is 16.5. The summed E-state index contributed by atoms with van der Waals surface area (Å²) in [5, 5.41) is 4.24. The summed E-state index contributed by atoms with van der Waals surface area (Å²) in [4.78, 5) is 15.1. The number of hydrogen-bond acceptors (Lipinski definition) is 3. The van der Waals surface area contributed by atoms with Crippen LogP contribution in [0.2, 0.25) is 0 Å². The second-order valence-electron chi connectivity index (χ2n) is 7.74. The van der Waals surface area contributed by atoms with E-state index in [4.69, 9.17) is 4.74 Å². The zero-order chi connectivity index (χ0) is 20.1. The van der Waals surface area contributed by atoms with E-state index in [2.05, 4.69) is 18.1 Å². The van der Waals surface area contributed by atoms with Gasteiger partial charge in [-0.15, -0.1) is 0 Å². The van der Waals surface area contributed by atoms with Crippen molar-refractivity contribution in [2.24, 2.45) is 5.92 Å². The summed E-state index contributed by atoms with van der Waals surface area (Å²) >= 11 is 0. The minimum atomic E-state index is 0.105. The predicted molar refractivity (Wildman–Crippen MR) is 113 cm³/mol. The summed E-state index contributed by atoms with van der Waals surface area (Å²) in [7, 11) is 0. The molecule has 1 saturated heterocycles. The van der Waals surface area contributed by atoms with Gasteiger partial charge in [-0.05, 0) is 55.2 Å². The Morgan fingerprint density at radius 3 is 2.90 bits per heavy atom. The topological polar surface area (TPSA) is 47.4 Å². The third-order valence-corrected chi connectivity index (χ3v) is 5.45. The predicted octanol–water partition coefficient (Wildman–Crippen LogP) is 4.17. The molecule has 1 aliphatic rings. The first-order valence-electron chi connectivity index (χ1n) is 10.2. The van der Waals surface area contributed by atoms with Crippen LogP contribution in [0.15, 0.2) is 67.0 Å². The number of piperidine rings is 1. The minimum Gasteiger partial charge on any atom is -0.493 e. The maximum absolute atomic E-state index is 13.1. The fraction of sp³-hybridized carbons (Fsp3) is 0.333. The molecule has 0 spiro atoms. The van der Waals surface area contributed by atoms with Crippen molar-refractivity contribution in [1.29, 1.82) is 0 Å². The molecule has 0 radical (unpaired) electrons. The van der Waals surface area contributed by atoms with E-state index in [1.165, 1.54) is 0 Å². The van der Waals surface area contributed by atoms with Gasteiger partial charge in [-0.2, -0.15) is 5.10 Å². The van der Waals surface area contributed by atoms with Gasteiger partial charge in [-0.1, -0.05) is 30.3 Å². The SMILES string of the molecule is Cc1ccccc1OCC1CCCN(C(=O)c2cccc(Cn3cccn3)c2)C1. The lowest BCUT2D eigenvalue weighted by Crippen LogP contribution is -2.41. The molecular formula is C24H27N3O2. The fourth-order valence-corrected chi connectivity index (χ4v) is 3.88. The molecule has 3 aromatic rings. The molecule has 5 heteroatoms. The van der Waals surface area contributed by atoms with Gasteiger partial charge in [-0.3, -0.25) is 9.48 Å². The highest BCUT2D eigenvalue weighted by Gasteiger charge is 2.25. The Balaban J connectivity index is 1.38. The zero-order valence-corrected chi connectivity index (χ0v) is 16.8. The van der Waals surface area contributed by atoms with Gasteiger partial charge >= 0.3 is 0 Å². The molecule has 2 aromatic carbocycles. The van der Waals surface area contributed by atoms with Crippen LogP contribution in [-0.2, 0) is 6.54 Å². The molecule has 29 heavy (non-hydrogen) atoms. The Labute approximate surface area is 171 Å². The molecule has 1 fully saturated rings. The molecule has 4 rings (SSSR count). The maximum Gasteiger partial charge on any atom is 0.253 e. The number of hydrogen-bond donors (Lipinski definition) is 0. The number of carbonyl (C=O) groups is 1. The van der Waals surface area contributed by atoms with Gasteiger partial charge < -0.3 is 9.64 Å². The van der Waals surface area contributed by atoms with Crippen LogP contribution in [0.5, 0.6) is 5.75 Å². The van der Waals surface area contributed by atoms with Crippen molar-refractivity contribution in [2.75, 3.05) is 19.7 Å². The monoisotopic (exact) mass is 389 g/mol. The average molecular weight is 389 g/mol. The summed E-state index contributed by atoms with van der Waals surface area (Å²) in [6.07, 6.45) is 5.80. The number of likely N-dealkylation sites (tertiary alicyclic amines) is 1. The van der Waals surface area contributed by atoms with Gasteiger partial charge in [0.25, 0.3) is 5.91 Å². The fourth-order valence-electron chi connectivity index (χ4n) is 3.88. The molecule has 1 amide bonds. The number of nitrogens with zero attached hydrogens (tertiary/aromatic N) is 3. The standard InChI is InChI=1S/C24H27N3O2/c1-19-7-2-3-11-23(19)29-18-21-9-5-13-26(16-21)24(28)22-10-4-8-20(15-22)17-27-14-6-12-25-27/h2-4,6-8,10-12,14-15,21H,5,9,13,16-18H2,1H3. The lowest BCUT2D eigenvalue weighted by Gasteiger charge is -2.33. The molecule has 1 aliphatic heterocycles. The summed E-state index contributed by atoms with van der Waals surface area (Å²) in [6, 6.07) is 17.9. The third kappa shape index (κ3) is 4.86. The van der Waals surface area contributed by atoms with E-state index in [0.717, 1.165) is 48.4 Å². The molecule has 1 aromatic heterocycles. The quantitative estimate of drug-likeness (QED) is 0.636. The molecule has 1 atom stereocenters. The Hall–Kier alpha value is -3.08. The first-order chi connectivity index (χ1) is 14.2. The van der Waals surface area contributed by atoms with Crippen molar-refractivity contribution < 1.29 is 9.53 Å². The average Bonchev–Trinajstić information content (AvgIpc) is 3.26. The van der Waals surface area contributed by atoms with E-state index >= 15 is 0 Å². The number of para-hydroxylation sites is 1. The van der Waals surface area contributed by atoms with Crippen LogP contribution < -0.4 is 4.74 Å². The van der Waals surface area contributed by atoms with Gasteiger partial charge in [0, 0.05) is 37.0 Å². The largest absolute Gasteiger partial charge is 0.493 e. The molecule has 1 unspecified atom stereocenters. The molecule has 0 saturated carbocycles. The first-order valence-corrected chi connectivity index (χ1v) is 10.2. The second kappa shape index (κ2) is 8.95. The highest BCUT2D eigenvalue weighted by molar-refractivity contribution is 5.94. The molecule has 0 aliphatic carbocycles. The number of ether oxygens (including phenoxy) is 1. The Bertz CT molecular complexity index is 952. The van der Waals surface area contributed by atoms with Crippen LogP contribution >= 0.6 is 0 Å². The molecular weight excluding hydrogens is 362 g/mol. The van der Waals surface area contributed by atoms with Crippen LogP contribution in [0.1, 0.15) is 34.3 Å². The van der Waals surface area contributed by atoms with Crippen LogP contribution in [0.3, 0.4) is 0 Å². The number of rotatable bonds is 6. The van der Waals surface area contributed by atoms with Gasteiger partial charge in [-0.25, -0.2) is 0 Å². The maximum atomic E-state index is 13.1. The molecule has 0 bridgehead atoms. The van der Waals surface area contributed by atoms with Crippen LogP contribution in [0.4, 0.5) is 0 Å². The Morgan fingerprint density at radius 2 is 2.07 bits per heavy atom. The van der Waals surface area contributed by atoms with E-state index < -0.39 is 0 Å². The van der Waals surface area contributed by atoms with Crippen LogP contribution in [-0.4, -0.2) is 40.3 Å². The third-order valence-electron chi connectivity index (χ3n) is 5.45. The van der Waals surface area contributed by atoms with Crippen molar-refractivity contribution in [1.82, 2.24) is 14.7 Å². The number of aromatic nitrogens is 2. The van der Waals surface area contributed by atoms with E-state index in [0.29, 0.717) is 19.1 Å². The van der Waals surface area contributed by atoms with E-state index in [-0.39, 0.29) is 5.91 Å². The molecule has 0 N–H and O–H groups in total. The molecule has 5 nitrogen and oxygen atoms in total. The number of aryl methyl sites for hydroxylation is 1. The van der Waals surface area contributed by atoms with Crippen LogP contribution in [0, 0.1) is 12.8 Å². The van der Waals surface area contributed by atoms with Gasteiger partial charge in [0.05, 0.1) is 13.2 Å². The minimum absolute atomic E-state index is 0.105. The lowest BCUT2D eigenvalue weighted by molar-refractivity contribution is 0.0633. The Kier molecular flexibility index (Phi) is 5.94. The Morgan fingerprint density at radius 1 is 1.17 bits per heavy atom. The zero-order valence-electron chi connectivity index (χ0n) is 16.8. The van der Waals surface area contributed by atoms with E-state index in [1.807, 2.05) is 64.3 Å². The number of benzene rings is 2. The second-order valence-corrected chi connectivity index (χ2v) is 7.74. The van der Waals surface area contributed by atoms with Crippen molar-refractivity contribution in [2.45, 2.75) is 26.3 Å². The molecule has 2 heterocycles. The van der Waals surface area contributed by atoms with Crippen molar-refractivity contribution in [3.8, 4) is 5.75 Å². The summed E-state index contributed by atoms with van der Waals surface area (Å²) in [5.74, 6) is 1.40. The van der Waals surface area contributed by atoms with Gasteiger partial charge in [0.1, 0.15) is 5.75 Å². The van der Waals surface area contributed by atoms with Gasteiger partial charge in [0.2, 0.25) is 0 Å². The van der Waals surface area contributed by atoms with Crippen molar-refractivity contribution in [3.05, 3.63) is 83.7 Å². The van der Waals surface area contributed by atoms with Crippen molar-refractivity contribution >= 4 is 5.91 Å². The number of carbonyl (C=O) groups excluding carboxylic acids is 1. The van der Waals surface area contributed by atoms with Crippen LogP contribution in [0.25, 0.3) is 0 Å². The van der Waals surface area contributed by atoms with Crippen molar-refractivity contribution in [3.63, 3.8) is 0 Å². The lowest BCUT2D eigenvalue weighted by atomic mass is 9.98. The summed E-state index contributed by atoms with van der Waals surface area (Å²) in [6.45, 7) is 4.93. The van der Waals surface area contributed by atoms with E-state index in [1.54, 1.807) is 6.20 Å². The number of amides is 1. The van der Waals surface area contributed by atoms with E-state index in [9.17, 15) is 4.79 Å². The van der Waals surface area contributed by atoms with Gasteiger partial charge in [0.15, 0.2) is 0 Å². The molecule has 150 valence electrons. The highest BCUT2D eigenvalue weighted by Crippen LogP contribution is 2.22. The summed E-state index contributed by atoms with van der Waals surface area (Å²) in [5.41, 5.74) is 2.97. The normalized spacial score (nSPS) is 16.6.